The van der Waals surface area contributed by atoms with E-state index in [1.54, 1.807) is 0 Å². The molecule has 3 heterocycles. The van der Waals surface area contributed by atoms with Crippen LogP contribution in [0.25, 0.3) is 0 Å². The molecule has 0 bridgehead atoms. The lowest BCUT2D eigenvalue weighted by Crippen LogP contribution is -2.36. The van der Waals surface area contributed by atoms with Crippen molar-refractivity contribution in [2.75, 3.05) is 12.3 Å². The van der Waals surface area contributed by atoms with Crippen LogP contribution in [0.4, 0.5) is 5.82 Å². The van der Waals surface area contributed by atoms with Gasteiger partial charge < -0.3 is 30.8 Å². The molecule has 0 saturated carbocycles. The van der Waals surface area contributed by atoms with Gasteiger partial charge in [-0.15, -0.1) is 0 Å². The summed E-state index contributed by atoms with van der Waals surface area (Å²) in [6, 6.07) is 2.61. The lowest BCUT2D eigenvalue weighted by molar-refractivity contribution is -0.0549. The minimum Gasteiger partial charge on any atom is -0.394 e. The van der Waals surface area contributed by atoms with Crippen molar-refractivity contribution in [1.29, 1.82) is 0 Å². The van der Waals surface area contributed by atoms with Crippen LogP contribution in [0, 0.1) is 0 Å². The lowest BCUT2D eigenvalue weighted by Gasteiger charge is -2.16. The Kier molecular flexibility index (Phi) is 5.82. The van der Waals surface area contributed by atoms with Crippen LogP contribution >= 0.6 is 0 Å². The molecule has 1 saturated heterocycles. The third-order valence-corrected chi connectivity index (χ3v) is 3.33. The molecule has 1 aliphatic rings. The van der Waals surface area contributed by atoms with E-state index in [0.717, 1.165) is 4.57 Å². The maximum Gasteiger partial charge on any atom is 0.351 e. The van der Waals surface area contributed by atoms with Crippen LogP contribution in [0.2, 0.25) is 0 Å². The third kappa shape index (κ3) is 4.39. The summed E-state index contributed by atoms with van der Waals surface area (Å²) in [5, 5.41) is 28.2. The number of aliphatic hydroxyl groups excluding tert-OH is 3. The fourth-order valence-electron chi connectivity index (χ4n) is 2.11. The van der Waals surface area contributed by atoms with Gasteiger partial charge in [-0.3, -0.25) is 14.3 Å². The Labute approximate surface area is 139 Å². The first-order chi connectivity index (χ1) is 11.8. The molecule has 2 unspecified atom stereocenters. The monoisotopic (exact) mass is 355 g/mol. The van der Waals surface area contributed by atoms with Gasteiger partial charge in [0.15, 0.2) is 6.23 Å². The number of anilines is 1. The first kappa shape index (κ1) is 18.5. The lowest BCUT2D eigenvalue weighted by atomic mass is 10.1. The Morgan fingerprint density at radius 2 is 1.96 bits per heavy atom. The molecule has 7 N–H and O–H groups in total. The Morgan fingerprint density at radius 1 is 1.24 bits per heavy atom. The summed E-state index contributed by atoms with van der Waals surface area (Å²) in [5.74, 6) is 0.0537. The van der Waals surface area contributed by atoms with Gasteiger partial charge in [0.25, 0.3) is 5.56 Å². The molecule has 25 heavy (non-hydrogen) atoms. The zero-order chi connectivity index (χ0) is 18.6. The van der Waals surface area contributed by atoms with Gasteiger partial charge in [0, 0.05) is 18.5 Å². The van der Waals surface area contributed by atoms with Crippen LogP contribution in [0.15, 0.2) is 38.9 Å². The molecule has 136 valence electrons. The average molecular weight is 355 g/mol. The van der Waals surface area contributed by atoms with Crippen LogP contribution in [0.1, 0.15) is 6.23 Å². The van der Waals surface area contributed by atoms with E-state index in [1.807, 2.05) is 4.98 Å². The Bertz CT molecular complexity index is 850. The van der Waals surface area contributed by atoms with Gasteiger partial charge in [-0.2, -0.15) is 4.98 Å². The summed E-state index contributed by atoms with van der Waals surface area (Å²) in [7, 11) is 0. The Hall–Kier alpha value is -2.80. The number of hydrogen-bond donors (Lipinski definition) is 6. The van der Waals surface area contributed by atoms with Crippen molar-refractivity contribution in [1.82, 2.24) is 19.5 Å². The second-order valence-corrected chi connectivity index (χ2v) is 5.07. The molecule has 2 aromatic rings. The van der Waals surface area contributed by atoms with E-state index < -0.39 is 42.5 Å². The molecular formula is C13H17N5O7. The zero-order valence-corrected chi connectivity index (χ0v) is 12.8. The number of aromatic nitrogens is 4. The minimum atomic E-state index is -1.31. The van der Waals surface area contributed by atoms with Gasteiger partial charge in [-0.25, -0.2) is 9.59 Å². The molecule has 0 radical (unpaired) electrons. The van der Waals surface area contributed by atoms with Crippen LogP contribution in [0.5, 0.6) is 0 Å². The molecule has 0 aliphatic carbocycles. The van der Waals surface area contributed by atoms with E-state index in [2.05, 4.69) is 9.97 Å². The Morgan fingerprint density at radius 3 is 2.44 bits per heavy atom. The fourth-order valence-corrected chi connectivity index (χ4v) is 2.11. The smallest absolute Gasteiger partial charge is 0.351 e. The highest BCUT2D eigenvalue weighted by Gasteiger charge is 2.43. The number of nitrogens with two attached hydrogens (primary N) is 1. The Balaban J connectivity index is 0.000000236. The van der Waals surface area contributed by atoms with Gasteiger partial charge in [-0.1, -0.05) is 0 Å². The molecule has 2 aromatic heterocycles. The quantitative estimate of drug-likeness (QED) is 0.316. The maximum atomic E-state index is 11.5. The highest BCUT2D eigenvalue weighted by molar-refractivity contribution is 5.23. The zero-order valence-electron chi connectivity index (χ0n) is 12.8. The number of aromatic amines is 2. The first-order valence-electron chi connectivity index (χ1n) is 7.08. The summed E-state index contributed by atoms with van der Waals surface area (Å²) in [6.45, 7) is -0.453. The van der Waals surface area contributed by atoms with Crippen molar-refractivity contribution in [3.63, 3.8) is 0 Å². The maximum absolute atomic E-state index is 11.5. The molecule has 0 aromatic carbocycles. The number of nitrogens with zero attached hydrogens (tertiary/aromatic N) is 2. The number of hydrogen-bond acceptors (Lipinski definition) is 9. The minimum absolute atomic E-state index is 0.0537. The molecule has 12 heteroatoms. The van der Waals surface area contributed by atoms with E-state index in [4.69, 9.17) is 15.6 Å². The van der Waals surface area contributed by atoms with Gasteiger partial charge >= 0.3 is 11.4 Å². The van der Waals surface area contributed by atoms with Crippen molar-refractivity contribution in [2.45, 2.75) is 24.5 Å². The molecule has 0 amide bonds. The summed E-state index contributed by atoms with van der Waals surface area (Å²) >= 11 is 0. The number of nitrogens with one attached hydrogen (secondary N) is 2. The van der Waals surface area contributed by atoms with Gasteiger partial charge in [0.05, 0.1) is 6.61 Å². The second kappa shape index (κ2) is 7.85. The highest BCUT2D eigenvalue weighted by Crippen LogP contribution is 2.27. The van der Waals surface area contributed by atoms with Gasteiger partial charge in [0.2, 0.25) is 0 Å². The summed E-state index contributed by atoms with van der Waals surface area (Å²) in [5.41, 5.74) is 3.77. The number of nitrogen functional groups attached to an aromatic ring is 1. The molecular weight excluding hydrogens is 338 g/mol. The standard InChI is InChI=1S/C9H13N3O5.C4H4N2O2/c10-5-1-2-12(9(16)11-5)8-7(15)6(14)4(3-13)17-8;7-3-1-2-5-4(8)6-3/h1-2,4,6-8,13-15H,3H2,(H2,10,11,16);1-2H,(H2,5,6,7,8)/t4-,6?,7-,8?;/m1./s1. The topological polar surface area (TPSA) is 197 Å². The first-order valence-corrected chi connectivity index (χ1v) is 7.08. The SMILES string of the molecule is Nc1ccn(C2O[C@H](CO)C(O)[C@H]2O)c(=O)n1.O=c1cc[nH]c(=O)[nH]1. The number of H-pyrrole nitrogens is 2. The summed E-state index contributed by atoms with van der Waals surface area (Å²) < 4.78 is 6.19. The largest absolute Gasteiger partial charge is 0.394 e. The molecule has 3 rings (SSSR count). The van der Waals surface area contributed by atoms with Crippen molar-refractivity contribution in [3.05, 3.63) is 55.8 Å². The average Bonchev–Trinajstić information content (AvgIpc) is 2.83. The molecule has 1 aliphatic heterocycles. The van der Waals surface area contributed by atoms with E-state index in [9.17, 15) is 24.6 Å². The molecule has 1 fully saturated rings. The van der Waals surface area contributed by atoms with E-state index >= 15 is 0 Å². The van der Waals surface area contributed by atoms with Crippen LogP contribution in [0.3, 0.4) is 0 Å². The van der Waals surface area contributed by atoms with Crippen molar-refractivity contribution in [3.8, 4) is 0 Å². The van der Waals surface area contributed by atoms with E-state index in [0.29, 0.717) is 0 Å². The number of ether oxygens (including phenoxy) is 1. The van der Waals surface area contributed by atoms with Crippen molar-refractivity contribution >= 4 is 5.82 Å². The predicted octanol–water partition coefficient (Wildman–Crippen LogP) is -3.50. The summed E-state index contributed by atoms with van der Waals surface area (Å²) in [4.78, 5) is 39.6. The molecule has 12 nitrogen and oxygen atoms in total. The highest BCUT2D eigenvalue weighted by atomic mass is 16.6. The van der Waals surface area contributed by atoms with E-state index in [-0.39, 0.29) is 11.4 Å². The predicted molar refractivity (Wildman–Crippen MR) is 83.6 cm³/mol. The van der Waals surface area contributed by atoms with Gasteiger partial charge in [0.1, 0.15) is 24.1 Å². The third-order valence-electron chi connectivity index (χ3n) is 3.33. The number of rotatable bonds is 2. The van der Waals surface area contributed by atoms with Gasteiger partial charge in [-0.05, 0) is 6.07 Å². The van der Waals surface area contributed by atoms with E-state index in [1.165, 1.54) is 24.5 Å². The normalized spacial score (nSPS) is 25.2. The summed E-state index contributed by atoms with van der Waals surface area (Å²) in [6.07, 6.45) is -1.97. The molecule has 4 atom stereocenters. The fraction of sp³-hybridized carbons (Fsp3) is 0.385. The second-order valence-electron chi connectivity index (χ2n) is 5.07. The van der Waals surface area contributed by atoms with Crippen molar-refractivity contribution in [2.24, 2.45) is 0 Å². The molecule has 0 spiro atoms. The number of aliphatic hydroxyl groups is 3. The van der Waals surface area contributed by atoms with Crippen LogP contribution < -0.4 is 22.7 Å². The van der Waals surface area contributed by atoms with Crippen LogP contribution in [-0.2, 0) is 4.74 Å². The van der Waals surface area contributed by atoms with Crippen molar-refractivity contribution < 1.29 is 20.1 Å². The van der Waals surface area contributed by atoms with Crippen LogP contribution in [-0.4, -0.2) is 59.8 Å².